The summed E-state index contributed by atoms with van der Waals surface area (Å²) in [6.45, 7) is 6.22. The minimum absolute atomic E-state index is 0. The number of nitrogens with one attached hydrogen (secondary N) is 2. The minimum atomic E-state index is 0. The first-order valence-electron chi connectivity index (χ1n) is 10.0. The Labute approximate surface area is 190 Å². The van der Waals surface area contributed by atoms with Crippen molar-refractivity contribution in [3.8, 4) is 0 Å². The molecule has 2 heterocycles. The molecular weight excluding hydrogens is 485 g/mol. The van der Waals surface area contributed by atoms with Gasteiger partial charge in [0.2, 0.25) is 5.95 Å². The highest BCUT2D eigenvalue weighted by Gasteiger charge is 2.24. The SMILES string of the molecule is CN=C(NCCCN1CCN(c2ncccn2)CC1)NC1CCC(SC)C1.I. The Bertz CT molecular complexity index is 581. The summed E-state index contributed by atoms with van der Waals surface area (Å²) in [6.07, 6.45) is 10.8. The van der Waals surface area contributed by atoms with Gasteiger partial charge in [0, 0.05) is 63.5 Å². The summed E-state index contributed by atoms with van der Waals surface area (Å²) in [7, 11) is 1.86. The maximum Gasteiger partial charge on any atom is 0.225 e. The number of aromatic nitrogens is 2. The highest BCUT2D eigenvalue weighted by atomic mass is 127. The Morgan fingerprint density at radius 1 is 1.21 bits per heavy atom. The van der Waals surface area contributed by atoms with Crippen molar-refractivity contribution in [3.05, 3.63) is 18.5 Å². The molecule has 1 aliphatic carbocycles. The van der Waals surface area contributed by atoms with Crippen LogP contribution < -0.4 is 15.5 Å². The second-order valence-corrected chi connectivity index (χ2v) is 8.38. The van der Waals surface area contributed by atoms with Crippen LogP contribution in [0.5, 0.6) is 0 Å². The van der Waals surface area contributed by atoms with E-state index in [0.29, 0.717) is 6.04 Å². The van der Waals surface area contributed by atoms with E-state index in [0.717, 1.165) is 62.8 Å². The smallest absolute Gasteiger partial charge is 0.225 e. The standard InChI is InChI=1S/C19H33N7S.HI/c1-20-18(24-16-5-6-17(15-16)27-2)21-9-4-10-25-11-13-26(14-12-25)19-22-7-3-8-23-19;/h3,7-8,16-17H,4-6,9-15H2,1-2H3,(H2,20,21,24);1H. The quantitative estimate of drug-likeness (QED) is 0.248. The Morgan fingerprint density at radius 3 is 2.61 bits per heavy atom. The van der Waals surface area contributed by atoms with E-state index in [1.54, 1.807) is 0 Å². The summed E-state index contributed by atoms with van der Waals surface area (Å²) in [5.74, 6) is 1.80. The van der Waals surface area contributed by atoms with Crippen LogP contribution in [0.1, 0.15) is 25.7 Å². The van der Waals surface area contributed by atoms with Crippen LogP contribution in [0.15, 0.2) is 23.5 Å². The fourth-order valence-electron chi connectivity index (χ4n) is 3.81. The number of thioether (sulfide) groups is 1. The van der Waals surface area contributed by atoms with Gasteiger partial charge >= 0.3 is 0 Å². The molecule has 2 atom stereocenters. The number of halogens is 1. The number of hydrogen-bond acceptors (Lipinski definition) is 6. The number of piperazine rings is 1. The van der Waals surface area contributed by atoms with Crippen LogP contribution in [0.2, 0.25) is 0 Å². The fourth-order valence-corrected chi connectivity index (χ4v) is 4.61. The zero-order chi connectivity index (χ0) is 18.9. The molecule has 1 aromatic heterocycles. The van der Waals surface area contributed by atoms with Gasteiger partial charge in [-0.15, -0.1) is 24.0 Å². The summed E-state index contributed by atoms with van der Waals surface area (Å²) >= 11 is 1.99. The molecule has 2 fully saturated rings. The zero-order valence-corrected chi connectivity index (χ0v) is 20.2. The van der Waals surface area contributed by atoms with Crippen molar-refractivity contribution in [1.82, 2.24) is 25.5 Å². The molecule has 0 aromatic carbocycles. The molecule has 3 rings (SSSR count). The van der Waals surface area contributed by atoms with Gasteiger partial charge in [0.25, 0.3) is 0 Å². The van der Waals surface area contributed by atoms with Gasteiger partial charge in [-0.1, -0.05) is 0 Å². The zero-order valence-electron chi connectivity index (χ0n) is 17.0. The van der Waals surface area contributed by atoms with Crippen molar-refractivity contribution < 1.29 is 0 Å². The fraction of sp³-hybridized carbons (Fsp3) is 0.737. The predicted molar refractivity (Wildman–Crippen MR) is 130 cm³/mol. The lowest BCUT2D eigenvalue weighted by Crippen LogP contribution is -2.48. The van der Waals surface area contributed by atoms with E-state index in [1.165, 1.54) is 19.3 Å². The molecule has 2 unspecified atom stereocenters. The normalized spacial score (nSPS) is 23.4. The number of nitrogens with zero attached hydrogens (tertiary/aromatic N) is 5. The number of anilines is 1. The molecule has 0 spiro atoms. The van der Waals surface area contributed by atoms with E-state index in [-0.39, 0.29) is 24.0 Å². The maximum absolute atomic E-state index is 4.38. The Balaban J connectivity index is 0.00000280. The summed E-state index contributed by atoms with van der Waals surface area (Å²) < 4.78 is 0. The van der Waals surface area contributed by atoms with Crippen molar-refractivity contribution in [2.75, 3.05) is 57.5 Å². The van der Waals surface area contributed by atoms with Gasteiger partial charge in [-0.05, 0) is 44.6 Å². The van der Waals surface area contributed by atoms with Gasteiger partial charge in [-0.2, -0.15) is 11.8 Å². The van der Waals surface area contributed by atoms with Gasteiger partial charge in [-0.3, -0.25) is 9.89 Å². The van der Waals surface area contributed by atoms with Crippen molar-refractivity contribution in [2.24, 2.45) is 4.99 Å². The molecule has 0 radical (unpaired) electrons. The third kappa shape index (κ3) is 7.22. The van der Waals surface area contributed by atoms with Crippen LogP contribution in [-0.4, -0.2) is 84.7 Å². The van der Waals surface area contributed by atoms with Crippen molar-refractivity contribution in [1.29, 1.82) is 0 Å². The summed E-state index contributed by atoms with van der Waals surface area (Å²) in [5.41, 5.74) is 0. The number of guanidine groups is 1. The summed E-state index contributed by atoms with van der Waals surface area (Å²) in [4.78, 5) is 17.9. The van der Waals surface area contributed by atoms with Gasteiger partial charge in [0.1, 0.15) is 0 Å². The van der Waals surface area contributed by atoms with Gasteiger partial charge in [0.15, 0.2) is 5.96 Å². The van der Waals surface area contributed by atoms with Gasteiger partial charge in [-0.25, -0.2) is 9.97 Å². The molecule has 0 amide bonds. The van der Waals surface area contributed by atoms with Gasteiger partial charge in [0.05, 0.1) is 0 Å². The van der Waals surface area contributed by atoms with Crippen LogP contribution in [-0.2, 0) is 0 Å². The van der Waals surface area contributed by atoms with E-state index in [2.05, 4.69) is 41.6 Å². The third-order valence-electron chi connectivity index (χ3n) is 5.43. The molecule has 1 aliphatic heterocycles. The minimum Gasteiger partial charge on any atom is -0.356 e. The lowest BCUT2D eigenvalue weighted by molar-refractivity contribution is 0.254. The van der Waals surface area contributed by atoms with Crippen molar-refractivity contribution in [3.63, 3.8) is 0 Å². The molecule has 158 valence electrons. The highest BCUT2D eigenvalue weighted by Crippen LogP contribution is 2.27. The number of hydrogen-bond donors (Lipinski definition) is 2. The van der Waals surface area contributed by atoms with Crippen LogP contribution in [0.3, 0.4) is 0 Å². The van der Waals surface area contributed by atoms with Crippen LogP contribution >= 0.6 is 35.7 Å². The third-order valence-corrected chi connectivity index (χ3v) is 6.53. The monoisotopic (exact) mass is 519 g/mol. The van der Waals surface area contributed by atoms with Crippen molar-refractivity contribution >= 4 is 47.6 Å². The lowest BCUT2D eigenvalue weighted by atomic mass is 10.2. The molecule has 1 aromatic rings. The van der Waals surface area contributed by atoms with E-state index < -0.39 is 0 Å². The Morgan fingerprint density at radius 2 is 1.96 bits per heavy atom. The van der Waals surface area contributed by atoms with Gasteiger partial charge < -0.3 is 15.5 Å². The summed E-state index contributed by atoms with van der Waals surface area (Å²) in [5, 5.41) is 7.87. The molecule has 2 N–H and O–H groups in total. The van der Waals surface area contributed by atoms with Crippen LogP contribution in [0.25, 0.3) is 0 Å². The Kier molecular flexibility index (Phi) is 10.6. The molecule has 0 bridgehead atoms. The van der Waals surface area contributed by atoms with Crippen molar-refractivity contribution in [2.45, 2.75) is 37.0 Å². The first-order valence-corrected chi connectivity index (χ1v) is 11.3. The molecule has 2 aliphatic rings. The average molecular weight is 520 g/mol. The molecule has 9 heteroatoms. The van der Waals surface area contributed by atoms with Crippen LogP contribution in [0.4, 0.5) is 5.95 Å². The molecule has 1 saturated heterocycles. The second kappa shape index (κ2) is 12.7. The molecule has 1 saturated carbocycles. The topological polar surface area (TPSA) is 68.7 Å². The lowest BCUT2D eigenvalue weighted by Gasteiger charge is -2.34. The number of rotatable bonds is 7. The first-order chi connectivity index (χ1) is 13.3. The van der Waals surface area contributed by atoms with Crippen LogP contribution in [0, 0.1) is 0 Å². The predicted octanol–water partition coefficient (Wildman–Crippen LogP) is 2.06. The largest absolute Gasteiger partial charge is 0.356 e. The number of aliphatic imine (C=N–C) groups is 1. The Hall–Kier alpha value is -0.810. The average Bonchev–Trinajstić information content (AvgIpc) is 3.19. The van der Waals surface area contributed by atoms with E-state index in [4.69, 9.17) is 0 Å². The highest BCUT2D eigenvalue weighted by molar-refractivity contribution is 14.0. The second-order valence-electron chi connectivity index (χ2n) is 7.24. The first kappa shape index (κ1) is 23.5. The van der Waals surface area contributed by atoms with E-state index in [1.807, 2.05) is 37.3 Å². The molecule has 7 nitrogen and oxygen atoms in total. The molecular formula is C19H34IN7S. The van der Waals surface area contributed by atoms with E-state index in [9.17, 15) is 0 Å². The van der Waals surface area contributed by atoms with E-state index >= 15 is 0 Å². The molecule has 28 heavy (non-hydrogen) atoms. The maximum atomic E-state index is 4.38. The summed E-state index contributed by atoms with van der Waals surface area (Å²) in [6, 6.07) is 2.44.